The molecule has 0 aliphatic carbocycles. The second kappa shape index (κ2) is 16.8. The molecule has 1 fully saturated rings. The third-order valence-electron chi connectivity index (χ3n) is 4.71. The molecule has 1 aliphatic rings. The maximum absolute atomic E-state index is 9.70. The average molecular weight is 461 g/mol. The van der Waals surface area contributed by atoms with Gasteiger partial charge in [-0.2, -0.15) is 11.8 Å². The van der Waals surface area contributed by atoms with Crippen LogP contribution in [0.4, 0.5) is 0 Å². The molecule has 180 valence electrons. The summed E-state index contributed by atoms with van der Waals surface area (Å²) in [5.74, 6) is 2.88. The second-order valence-corrected chi connectivity index (χ2v) is 9.28. The Morgan fingerprint density at radius 1 is 0.968 bits per heavy atom. The molecular formula is C21H40N4O5S. The third-order valence-corrected chi connectivity index (χ3v) is 5.65. The fourth-order valence-corrected chi connectivity index (χ4v) is 4.14. The zero-order valence-electron chi connectivity index (χ0n) is 19.1. The number of aliphatic hydroxyl groups is 1. The van der Waals surface area contributed by atoms with Gasteiger partial charge in [0.1, 0.15) is 0 Å². The number of hydrogen-bond donors (Lipinski definition) is 1. The number of rotatable bonds is 18. The van der Waals surface area contributed by atoms with Crippen LogP contribution >= 0.6 is 11.8 Å². The molecule has 1 aromatic heterocycles. The van der Waals surface area contributed by atoms with Crippen LogP contribution in [0.15, 0.2) is 6.20 Å². The van der Waals surface area contributed by atoms with E-state index in [9.17, 15) is 5.11 Å². The molecule has 1 saturated heterocycles. The van der Waals surface area contributed by atoms with Crippen molar-refractivity contribution in [3.63, 3.8) is 0 Å². The highest BCUT2D eigenvalue weighted by Gasteiger charge is 2.12. The smallest absolute Gasteiger partial charge is 0.0967 e. The fourth-order valence-electron chi connectivity index (χ4n) is 3.16. The number of hydrogen-bond acceptors (Lipinski definition) is 9. The molecule has 31 heavy (non-hydrogen) atoms. The van der Waals surface area contributed by atoms with Crippen molar-refractivity contribution in [3.8, 4) is 0 Å². The summed E-state index contributed by atoms with van der Waals surface area (Å²) in [7, 11) is 0. The van der Waals surface area contributed by atoms with Crippen molar-refractivity contribution in [1.82, 2.24) is 19.9 Å². The fraction of sp³-hybridized carbons (Fsp3) is 0.905. The van der Waals surface area contributed by atoms with Crippen LogP contribution in [0, 0.1) is 5.92 Å². The first-order valence-electron chi connectivity index (χ1n) is 11.3. The molecule has 1 atom stereocenters. The topological polar surface area (TPSA) is 91.1 Å². The minimum atomic E-state index is -0.395. The van der Waals surface area contributed by atoms with Gasteiger partial charge in [0.25, 0.3) is 0 Å². The molecule has 2 heterocycles. The number of aliphatic hydroxyl groups excluding tert-OH is 1. The molecular weight excluding hydrogens is 420 g/mol. The molecule has 1 unspecified atom stereocenters. The standard InChI is InChI=1S/C21H40N4O5S/c1-19(2)15-21(26)18-30-12-11-29-10-9-28-8-7-27-6-3-25-17-20(22-23-25)16-24-4-13-31-14-5-24/h17,19,21,26H,3-16,18H2,1-2H3. The molecule has 10 heteroatoms. The number of thioether (sulfide) groups is 1. The summed E-state index contributed by atoms with van der Waals surface area (Å²) >= 11 is 2.01. The maximum atomic E-state index is 9.70. The molecule has 9 nitrogen and oxygen atoms in total. The van der Waals surface area contributed by atoms with Crippen molar-refractivity contribution in [2.24, 2.45) is 5.92 Å². The molecule has 1 N–H and O–H groups in total. The van der Waals surface area contributed by atoms with Gasteiger partial charge in [0.05, 0.1) is 71.2 Å². The normalized spacial score (nSPS) is 16.3. The first-order valence-corrected chi connectivity index (χ1v) is 12.5. The number of aromatic nitrogens is 3. The van der Waals surface area contributed by atoms with E-state index in [4.69, 9.17) is 18.9 Å². The Balaban J connectivity index is 1.34. The highest BCUT2D eigenvalue weighted by atomic mass is 32.2. The Bertz CT molecular complexity index is 558. The molecule has 0 saturated carbocycles. The Kier molecular flexibility index (Phi) is 14.4. The Labute approximate surface area is 190 Å². The SMILES string of the molecule is CC(C)CC(O)COCCOCCOCCOCCn1cc(CN2CCSCC2)nn1. The molecule has 1 aromatic rings. The summed E-state index contributed by atoms with van der Waals surface area (Å²) in [6.45, 7) is 12.1. The Hall–Kier alpha value is -0.750. The van der Waals surface area contributed by atoms with Crippen LogP contribution in [0.3, 0.4) is 0 Å². The van der Waals surface area contributed by atoms with Crippen molar-refractivity contribution in [1.29, 1.82) is 0 Å². The predicted molar refractivity (Wildman–Crippen MR) is 121 cm³/mol. The van der Waals surface area contributed by atoms with Gasteiger partial charge in [-0.15, -0.1) is 5.10 Å². The van der Waals surface area contributed by atoms with E-state index >= 15 is 0 Å². The lowest BCUT2D eigenvalue weighted by molar-refractivity contribution is -0.0200. The van der Waals surface area contributed by atoms with Crippen LogP contribution in [-0.2, 0) is 32.0 Å². The molecule has 2 rings (SSSR count). The van der Waals surface area contributed by atoms with Crippen LogP contribution in [-0.4, -0.2) is 109 Å². The average Bonchev–Trinajstić information content (AvgIpc) is 3.18. The van der Waals surface area contributed by atoms with E-state index < -0.39 is 6.10 Å². The highest BCUT2D eigenvalue weighted by Crippen LogP contribution is 2.11. The van der Waals surface area contributed by atoms with Gasteiger partial charge in [-0.25, -0.2) is 4.68 Å². The van der Waals surface area contributed by atoms with E-state index in [1.54, 1.807) is 0 Å². The molecule has 0 bridgehead atoms. The minimum Gasteiger partial charge on any atom is -0.391 e. The van der Waals surface area contributed by atoms with Crippen molar-refractivity contribution < 1.29 is 24.1 Å². The van der Waals surface area contributed by atoms with Crippen molar-refractivity contribution in [2.45, 2.75) is 39.5 Å². The zero-order valence-corrected chi connectivity index (χ0v) is 19.9. The van der Waals surface area contributed by atoms with Gasteiger partial charge in [0.15, 0.2) is 0 Å². The van der Waals surface area contributed by atoms with E-state index in [0.29, 0.717) is 65.3 Å². The monoisotopic (exact) mass is 460 g/mol. The van der Waals surface area contributed by atoms with Crippen molar-refractivity contribution >= 4 is 11.8 Å². The lowest BCUT2D eigenvalue weighted by Gasteiger charge is -2.24. The number of nitrogens with zero attached hydrogens (tertiary/aromatic N) is 4. The first kappa shape index (κ1) is 26.5. The van der Waals surface area contributed by atoms with Gasteiger partial charge in [-0.05, 0) is 12.3 Å². The third kappa shape index (κ3) is 13.4. The second-order valence-electron chi connectivity index (χ2n) is 8.06. The molecule has 1 aliphatic heterocycles. The quantitative estimate of drug-likeness (QED) is 0.326. The van der Waals surface area contributed by atoms with Crippen molar-refractivity contribution in [3.05, 3.63) is 11.9 Å². The lowest BCUT2D eigenvalue weighted by Crippen LogP contribution is -2.32. The molecule has 0 spiro atoms. The van der Waals surface area contributed by atoms with Gasteiger partial charge in [-0.3, -0.25) is 4.90 Å². The largest absolute Gasteiger partial charge is 0.391 e. The lowest BCUT2D eigenvalue weighted by atomic mass is 10.1. The predicted octanol–water partition coefficient (Wildman–Crippen LogP) is 1.30. The van der Waals surface area contributed by atoms with Gasteiger partial charge in [0.2, 0.25) is 0 Å². The van der Waals surface area contributed by atoms with Gasteiger partial charge in [-0.1, -0.05) is 19.1 Å². The Morgan fingerprint density at radius 2 is 1.58 bits per heavy atom. The molecule has 0 radical (unpaired) electrons. The zero-order chi connectivity index (χ0) is 22.2. The van der Waals surface area contributed by atoms with Gasteiger partial charge in [0, 0.05) is 37.3 Å². The van der Waals surface area contributed by atoms with E-state index in [0.717, 1.165) is 31.7 Å². The van der Waals surface area contributed by atoms with Gasteiger partial charge >= 0.3 is 0 Å². The summed E-state index contributed by atoms with van der Waals surface area (Å²) in [6, 6.07) is 0. The summed E-state index contributed by atoms with van der Waals surface area (Å²) in [4.78, 5) is 2.42. The number of ether oxygens (including phenoxy) is 4. The van der Waals surface area contributed by atoms with E-state index in [-0.39, 0.29) is 0 Å². The van der Waals surface area contributed by atoms with Crippen LogP contribution in [0.2, 0.25) is 0 Å². The summed E-state index contributed by atoms with van der Waals surface area (Å²) < 4.78 is 23.8. The first-order chi connectivity index (χ1) is 15.1. The van der Waals surface area contributed by atoms with Crippen LogP contribution < -0.4 is 0 Å². The van der Waals surface area contributed by atoms with Crippen LogP contribution in [0.25, 0.3) is 0 Å². The van der Waals surface area contributed by atoms with Gasteiger partial charge < -0.3 is 24.1 Å². The highest BCUT2D eigenvalue weighted by molar-refractivity contribution is 7.99. The summed E-state index contributed by atoms with van der Waals surface area (Å²) in [5.41, 5.74) is 1.02. The Morgan fingerprint density at radius 3 is 2.23 bits per heavy atom. The van der Waals surface area contributed by atoms with Crippen molar-refractivity contribution in [2.75, 3.05) is 77.5 Å². The van der Waals surface area contributed by atoms with Crippen LogP contribution in [0.1, 0.15) is 26.0 Å². The summed E-state index contributed by atoms with van der Waals surface area (Å²) in [6.07, 6.45) is 2.37. The summed E-state index contributed by atoms with van der Waals surface area (Å²) in [5, 5.41) is 18.1. The van der Waals surface area contributed by atoms with E-state index in [1.165, 1.54) is 11.5 Å². The maximum Gasteiger partial charge on any atom is 0.0967 e. The molecule has 0 amide bonds. The minimum absolute atomic E-state index is 0.364. The molecule has 0 aromatic carbocycles. The van der Waals surface area contributed by atoms with Crippen LogP contribution in [0.5, 0.6) is 0 Å². The van der Waals surface area contributed by atoms with E-state index in [1.807, 2.05) is 22.6 Å². The van der Waals surface area contributed by atoms with E-state index in [2.05, 4.69) is 29.1 Å².